The van der Waals surface area contributed by atoms with Crippen LogP contribution in [0.3, 0.4) is 0 Å². The van der Waals surface area contributed by atoms with Crippen LogP contribution in [0.2, 0.25) is 5.02 Å². The highest BCUT2D eigenvalue weighted by atomic mass is 35.5. The number of anilines is 1. The number of benzene rings is 2. The molecule has 40 heavy (non-hydrogen) atoms. The lowest BCUT2D eigenvalue weighted by Crippen LogP contribution is -2.37. The highest BCUT2D eigenvalue weighted by Crippen LogP contribution is 2.25. The molecule has 0 fully saturated rings. The Kier molecular flexibility index (Phi) is 10.6. The Labute approximate surface area is 241 Å². The van der Waals surface area contributed by atoms with E-state index in [1.165, 1.54) is 0 Å². The first-order valence-corrected chi connectivity index (χ1v) is 13.9. The van der Waals surface area contributed by atoms with Gasteiger partial charge in [-0.3, -0.25) is 19.1 Å². The molecule has 10 heteroatoms. The molecule has 0 aliphatic heterocycles. The van der Waals surface area contributed by atoms with Gasteiger partial charge < -0.3 is 20.3 Å². The van der Waals surface area contributed by atoms with Crippen LogP contribution in [0.25, 0.3) is 5.69 Å². The number of amides is 2. The lowest BCUT2D eigenvalue weighted by molar-refractivity contribution is -0.118. The number of rotatable bonds is 13. The fraction of sp³-hybridized carbons (Fsp3) is 0.433. The Bertz CT molecular complexity index is 1380. The molecule has 9 nitrogen and oxygen atoms in total. The van der Waals surface area contributed by atoms with Gasteiger partial charge >= 0.3 is 0 Å². The van der Waals surface area contributed by atoms with E-state index in [0.29, 0.717) is 29.4 Å². The molecular weight excluding hydrogens is 530 g/mol. The Hall–Kier alpha value is -3.56. The molecule has 1 heterocycles. The van der Waals surface area contributed by atoms with E-state index in [1.54, 1.807) is 22.9 Å². The summed E-state index contributed by atoms with van der Waals surface area (Å²) in [6.45, 7) is 9.93. The van der Waals surface area contributed by atoms with Gasteiger partial charge in [0.15, 0.2) is 0 Å². The molecule has 3 aromatic rings. The zero-order valence-electron chi connectivity index (χ0n) is 24.2. The lowest BCUT2D eigenvalue weighted by atomic mass is 9.88. The Morgan fingerprint density at radius 1 is 1.10 bits per heavy atom. The van der Waals surface area contributed by atoms with Gasteiger partial charge in [-0.1, -0.05) is 50.6 Å². The molecule has 1 aromatic heterocycles. The number of ether oxygens (including phenoxy) is 1. The van der Waals surface area contributed by atoms with Crippen LogP contribution in [-0.4, -0.2) is 59.4 Å². The first-order valence-electron chi connectivity index (χ1n) is 13.5. The van der Waals surface area contributed by atoms with Gasteiger partial charge in [0.2, 0.25) is 5.91 Å². The minimum atomic E-state index is -0.597. The minimum absolute atomic E-state index is 0.0924. The quantitative estimate of drug-likeness (QED) is 0.316. The molecule has 0 unspecified atom stereocenters. The third kappa shape index (κ3) is 7.76. The second-order valence-electron chi connectivity index (χ2n) is 10.6. The van der Waals surface area contributed by atoms with Gasteiger partial charge in [-0.2, -0.15) is 0 Å². The predicted octanol–water partition coefficient (Wildman–Crippen LogP) is 4.51. The van der Waals surface area contributed by atoms with Gasteiger partial charge in [-0.15, -0.1) is 0 Å². The molecule has 2 N–H and O–H groups in total. The van der Waals surface area contributed by atoms with E-state index in [2.05, 4.69) is 22.5 Å². The standard InChI is InChI=1S/C30H40ClN5O4/c1-7-34(5)17-16-24-27(29(39)36(35(24)6)22-12-10-9-11-13-22)33-26(37)19-30(3,4)20-32-28(38)23-18-21(31)14-15-25(23)40-8-2/h9-15,18H,7-8,16-17,19-20H2,1-6H3,(H,32,38)(H,33,37). The van der Waals surface area contributed by atoms with Crippen molar-refractivity contribution in [2.75, 3.05) is 38.6 Å². The van der Waals surface area contributed by atoms with Crippen LogP contribution in [0.4, 0.5) is 5.69 Å². The molecule has 0 radical (unpaired) electrons. The number of para-hydroxylation sites is 1. The SMILES string of the molecule is CCOc1ccc(Cl)cc1C(=O)NCC(C)(C)CC(=O)Nc1c(CCN(C)CC)n(C)n(-c2ccccc2)c1=O. The van der Waals surface area contributed by atoms with Crippen molar-refractivity contribution in [2.45, 2.75) is 40.5 Å². The van der Waals surface area contributed by atoms with Gasteiger partial charge in [-0.05, 0) is 56.3 Å². The van der Waals surface area contributed by atoms with E-state index in [0.717, 1.165) is 24.5 Å². The first-order chi connectivity index (χ1) is 19.0. The number of aromatic nitrogens is 2. The van der Waals surface area contributed by atoms with Crippen molar-refractivity contribution in [3.05, 3.63) is 75.2 Å². The first kappa shape index (κ1) is 31.0. The summed E-state index contributed by atoms with van der Waals surface area (Å²) in [4.78, 5) is 41.9. The summed E-state index contributed by atoms with van der Waals surface area (Å²) in [6, 6.07) is 14.2. The normalized spacial score (nSPS) is 11.5. The van der Waals surface area contributed by atoms with Crippen molar-refractivity contribution in [1.82, 2.24) is 19.6 Å². The van der Waals surface area contributed by atoms with E-state index in [1.807, 2.05) is 69.9 Å². The minimum Gasteiger partial charge on any atom is -0.493 e. The van der Waals surface area contributed by atoms with Crippen LogP contribution >= 0.6 is 11.6 Å². The van der Waals surface area contributed by atoms with Crippen LogP contribution in [0.5, 0.6) is 5.75 Å². The van der Waals surface area contributed by atoms with Crippen molar-refractivity contribution in [1.29, 1.82) is 0 Å². The number of nitrogens with zero attached hydrogens (tertiary/aromatic N) is 3. The maximum Gasteiger partial charge on any atom is 0.295 e. The van der Waals surface area contributed by atoms with E-state index in [4.69, 9.17) is 16.3 Å². The van der Waals surface area contributed by atoms with Crippen molar-refractivity contribution in [3.63, 3.8) is 0 Å². The van der Waals surface area contributed by atoms with Crippen LogP contribution in [-0.2, 0) is 18.3 Å². The molecule has 2 amide bonds. The maximum atomic E-state index is 13.5. The second kappa shape index (κ2) is 13.7. The molecule has 0 saturated heterocycles. The maximum absolute atomic E-state index is 13.5. The number of carbonyl (C=O) groups excluding carboxylic acids is 2. The topological polar surface area (TPSA) is 97.6 Å². The highest BCUT2D eigenvalue weighted by Gasteiger charge is 2.27. The second-order valence-corrected chi connectivity index (χ2v) is 11.0. The number of hydrogen-bond acceptors (Lipinski definition) is 5. The zero-order valence-corrected chi connectivity index (χ0v) is 25.0. The molecular formula is C30H40ClN5O4. The van der Waals surface area contributed by atoms with Crippen molar-refractivity contribution in [3.8, 4) is 11.4 Å². The Morgan fingerprint density at radius 2 is 1.80 bits per heavy atom. The number of likely N-dealkylation sites (N-methyl/N-ethyl adjacent to an activating group) is 1. The summed E-state index contributed by atoms with van der Waals surface area (Å²) >= 11 is 6.10. The van der Waals surface area contributed by atoms with E-state index < -0.39 is 5.41 Å². The van der Waals surface area contributed by atoms with Crippen LogP contribution < -0.4 is 20.9 Å². The molecule has 0 saturated carbocycles. The van der Waals surface area contributed by atoms with Gasteiger partial charge in [0.25, 0.3) is 11.5 Å². The average Bonchev–Trinajstić information content (AvgIpc) is 3.15. The number of halogens is 1. The lowest BCUT2D eigenvalue weighted by Gasteiger charge is -2.24. The molecule has 0 aliphatic rings. The summed E-state index contributed by atoms with van der Waals surface area (Å²) in [5.41, 5.74) is 1.20. The zero-order chi connectivity index (χ0) is 29.4. The number of carbonyl (C=O) groups is 2. The summed E-state index contributed by atoms with van der Waals surface area (Å²) in [7, 11) is 3.85. The molecule has 0 aliphatic carbocycles. The van der Waals surface area contributed by atoms with Gasteiger partial charge in [-0.25, -0.2) is 4.68 Å². The van der Waals surface area contributed by atoms with Crippen LogP contribution in [0, 0.1) is 5.41 Å². The average molecular weight is 570 g/mol. The van der Waals surface area contributed by atoms with E-state index in [-0.39, 0.29) is 36.0 Å². The summed E-state index contributed by atoms with van der Waals surface area (Å²) < 4.78 is 8.94. The van der Waals surface area contributed by atoms with Crippen molar-refractivity contribution < 1.29 is 14.3 Å². The van der Waals surface area contributed by atoms with Crippen molar-refractivity contribution >= 4 is 29.1 Å². The van der Waals surface area contributed by atoms with Crippen LogP contribution in [0.1, 0.15) is 50.2 Å². The third-order valence-electron chi connectivity index (χ3n) is 6.77. The van der Waals surface area contributed by atoms with E-state index >= 15 is 0 Å². The van der Waals surface area contributed by atoms with Gasteiger partial charge in [0.1, 0.15) is 11.4 Å². The van der Waals surface area contributed by atoms with Crippen molar-refractivity contribution in [2.24, 2.45) is 12.5 Å². The number of nitrogens with one attached hydrogen (secondary N) is 2. The summed E-state index contributed by atoms with van der Waals surface area (Å²) in [6.07, 6.45) is 0.682. The largest absolute Gasteiger partial charge is 0.493 e. The highest BCUT2D eigenvalue weighted by molar-refractivity contribution is 6.31. The molecule has 0 spiro atoms. The van der Waals surface area contributed by atoms with Crippen LogP contribution in [0.15, 0.2) is 53.3 Å². The summed E-state index contributed by atoms with van der Waals surface area (Å²) in [5.74, 6) is -0.194. The molecule has 3 rings (SSSR count). The molecule has 216 valence electrons. The molecule has 2 aromatic carbocycles. The Balaban J connectivity index is 1.77. The third-order valence-corrected chi connectivity index (χ3v) is 7.01. The fourth-order valence-electron chi connectivity index (χ4n) is 4.43. The smallest absolute Gasteiger partial charge is 0.295 e. The molecule has 0 bridgehead atoms. The Morgan fingerprint density at radius 3 is 2.45 bits per heavy atom. The van der Waals surface area contributed by atoms with E-state index in [9.17, 15) is 14.4 Å². The number of hydrogen-bond donors (Lipinski definition) is 2. The molecule has 0 atom stereocenters. The monoisotopic (exact) mass is 569 g/mol. The van der Waals surface area contributed by atoms with Gasteiger partial charge in [0.05, 0.1) is 23.6 Å². The van der Waals surface area contributed by atoms with Gasteiger partial charge in [0, 0.05) is 38.0 Å². The summed E-state index contributed by atoms with van der Waals surface area (Å²) in [5, 5.41) is 6.22. The fourth-order valence-corrected chi connectivity index (χ4v) is 4.60. The predicted molar refractivity (Wildman–Crippen MR) is 160 cm³/mol.